The van der Waals surface area contributed by atoms with Crippen LogP contribution in [0.15, 0.2) is 29.6 Å². The van der Waals surface area contributed by atoms with E-state index in [1.54, 1.807) is 24.3 Å². The number of benzene rings is 1. The highest BCUT2D eigenvalue weighted by atomic mass is 35.5. The fraction of sp³-hybridized carbons (Fsp3) is 0.522. The summed E-state index contributed by atoms with van der Waals surface area (Å²) in [7, 11) is 0. The summed E-state index contributed by atoms with van der Waals surface area (Å²) in [6.45, 7) is 5.58. The molecule has 1 aliphatic rings. The molecule has 1 heterocycles. The van der Waals surface area contributed by atoms with Gasteiger partial charge in [0.25, 0.3) is 0 Å². The van der Waals surface area contributed by atoms with E-state index in [4.69, 9.17) is 16.3 Å². The van der Waals surface area contributed by atoms with Crippen LogP contribution in [-0.4, -0.2) is 40.3 Å². The molecule has 2 aromatic rings. The Morgan fingerprint density at radius 2 is 1.84 bits per heavy atom. The van der Waals surface area contributed by atoms with Gasteiger partial charge in [-0.15, -0.1) is 11.3 Å². The van der Waals surface area contributed by atoms with Crippen LogP contribution in [0, 0.1) is 0 Å². The van der Waals surface area contributed by atoms with Crippen molar-refractivity contribution in [1.29, 1.82) is 0 Å². The van der Waals surface area contributed by atoms with Gasteiger partial charge in [-0.05, 0) is 51.0 Å². The van der Waals surface area contributed by atoms with E-state index in [-0.39, 0.29) is 18.2 Å². The monoisotopic (exact) mass is 463 g/mol. The molecule has 1 saturated carbocycles. The molecular formula is C23H30ClN3O3S. The van der Waals surface area contributed by atoms with Gasteiger partial charge in [0.15, 0.2) is 0 Å². The predicted molar refractivity (Wildman–Crippen MR) is 123 cm³/mol. The van der Waals surface area contributed by atoms with E-state index in [0.717, 1.165) is 24.3 Å². The molecule has 0 saturated heterocycles. The van der Waals surface area contributed by atoms with E-state index in [9.17, 15) is 9.59 Å². The summed E-state index contributed by atoms with van der Waals surface area (Å²) in [5.74, 6) is 0.604. The Hall–Kier alpha value is -2.12. The van der Waals surface area contributed by atoms with Gasteiger partial charge >= 0.3 is 0 Å². The summed E-state index contributed by atoms with van der Waals surface area (Å²) in [4.78, 5) is 32.4. The van der Waals surface area contributed by atoms with Crippen LogP contribution in [0.3, 0.4) is 0 Å². The van der Waals surface area contributed by atoms with Crippen molar-refractivity contribution >= 4 is 34.8 Å². The molecule has 8 heteroatoms. The Morgan fingerprint density at radius 3 is 2.48 bits per heavy atom. The van der Waals surface area contributed by atoms with Gasteiger partial charge in [0.05, 0.1) is 12.1 Å². The number of ether oxygens (including phenoxy) is 1. The number of nitrogens with one attached hydrogen (secondary N) is 1. The van der Waals surface area contributed by atoms with Crippen molar-refractivity contribution in [3.8, 4) is 5.75 Å². The number of aromatic nitrogens is 1. The van der Waals surface area contributed by atoms with Gasteiger partial charge in [0.2, 0.25) is 11.8 Å². The number of rotatable bonds is 9. The average Bonchev–Trinajstić information content (AvgIpc) is 3.21. The first-order valence-electron chi connectivity index (χ1n) is 10.9. The SMILES string of the molecule is CCN(CC)C(=O)C1(NC(=O)Cc2csc(COc3ccc(Cl)cc3)n2)CCCCC1. The molecule has 2 amide bonds. The van der Waals surface area contributed by atoms with Crippen molar-refractivity contribution in [3.05, 3.63) is 45.4 Å². The predicted octanol–water partition coefficient (Wildman–Crippen LogP) is 4.61. The number of amides is 2. The van der Waals surface area contributed by atoms with E-state index < -0.39 is 5.54 Å². The van der Waals surface area contributed by atoms with Crippen LogP contribution in [0.1, 0.15) is 56.7 Å². The molecule has 1 aromatic heterocycles. The number of likely N-dealkylation sites (N-methyl/N-ethyl adjacent to an activating group) is 1. The van der Waals surface area contributed by atoms with E-state index in [0.29, 0.717) is 49.0 Å². The maximum Gasteiger partial charge on any atom is 0.248 e. The van der Waals surface area contributed by atoms with Gasteiger partial charge in [-0.1, -0.05) is 30.9 Å². The van der Waals surface area contributed by atoms with Crippen molar-refractivity contribution < 1.29 is 14.3 Å². The fourth-order valence-electron chi connectivity index (χ4n) is 4.01. The number of halogens is 1. The fourth-order valence-corrected chi connectivity index (χ4v) is 4.84. The number of hydrogen-bond donors (Lipinski definition) is 1. The van der Waals surface area contributed by atoms with Gasteiger partial charge < -0.3 is 15.0 Å². The summed E-state index contributed by atoms with van der Waals surface area (Å²) >= 11 is 7.35. The van der Waals surface area contributed by atoms with Gasteiger partial charge in [-0.2, -0.15) is 0 Å². The molecule has 168 valence electrons. The maximum atomic E-state index is 13.2. The largest absolute Gasteiger partial charge is 0.486 e. The molecule has 0 radical (unpaired) electrons. The number of hydrogen-bond acceptors (Lipinski definition) is 5. The van der Waals surface area contributed by atoms with Crippen LogP contribution >= 0.6 is 22.9 Å². The lowest BCUT2D eigenvalue weighted by Gasteiger charge is -2.40. The first-order valence-corrected chi connectivity index (χ1v) is 12.1. The van der Waals surface area contributed by atoms with Crippen molar-refractivity contribution in [2.75, 3.05) is 13.1 Å². The molecule has 1 aromatic carbocycles. The third kappa shape index (κ3) is 6.20. The first-order chi connectivity index (χ1) is 15.0. The van der Waals surface area contributed by atoms with E-state index >= 15 is 0 Å². The molecule has 0 atom stereocenters. The Balaban J connectivity index is 1.59. The molecular weight excluding hydrogens is 434 g/mol. The van der Waals surface area contributed by atoms with Gasteiger partial charge in [0.1, 0.15) is 22.9 Å². The van der Waals surface area contributed by atoms with Crippen molar-refractivity contribution in [2.45, 2.75) is 64.5 Å². The van der Waals surface area contributed by atoms with Gasteiger partial charge in [-0.25, -0.2) is 4.98 Å². The van der Waals surface area contributed by atoms with Crippen molar-refractivity contribution in [3.63, 3.8) is 0 Å². The second-order valence-electron chi connectivity index (χ2n) is 7.82. The zero-order valence-electron chi connectivity index (χ0n) is 18.2. The molecule has 0 unspecified atom stereocenters. The highest BCUT2D eigenvalue weighted by Crippen LogP contribution is 2.30. The quantitative estimate of drug-likeness (QED) is 0.589. The number of nitrogens with zero attached hydrogens (tertiary/aromatic N) is 2. The molecule has 1 N–H and O–H groups in total. The first kappa shape index (κ1) is 23.5. The van der Waals surface area contributed by atoms with E-state index in [2.05, 4.69) is 10.3 Å². The molecule has 31 heavy (non-hydrogen) atoms. The zero-order valence-corrected chi connectivity index (χ0v) is 19.7. The minimum absolute atomic E-state index is 0.0425. The molecule has 1 fully saturated rings. The zero-order chi connectivity index (χ0) is 22.3. The summed E-state index contributed by atoms with van der Waals surface area (Å²) in [5, 5.41) is 6.42. The van der Waals surface area contributed by atoms with E-state index in [1.807, 2.05) is 24.1 Å². The highest BCUT2D eigenvalue weighted by Gasteiger charge is 2.42. The topological polar surface area (TPSA) is 71.5 Å². The summed E-state index contributed by atoms with van der Waals surface area (Å²) < 4.78 is 5.72. The van der Waals surface area contributed by atoms with Gasteiger partial charge in [0, 0.05) is 23.5 Å². The summed E-state index contributed by atoms with van der Waals surface area (Å²) in [6, 6.07) is 7.16. The number of thiazole rings is 1. The highest BCUT2D eigenvalue weighted by molar-refractivity contribution is 7.09. The van der Waals surface area contributed by atoms with Crippen molar-refractivity contribution in [1.82, 2.24) is 15.2 Å². The Bertz CT molecular complexity index is 874. The Kier molecular flexibility index (Phi) is 8.32. The normalized spacial score (nSPS) is 15.3. The van der Waals surface area contributed by atoms with Crippen LogP contribution in [0.2, 0.25) is 5.02 Å². The lowest BCUT2D eigenvalue weighted by Crippen LogP contribution is -2.60. The molecule has 6 nitrogen and oxygen atoms in total. The average molecular weight is 464 g/mol. The van der Waals surface area contributed by atoms with Crippen molar-refractivity contribution in [2.24, 2.45) is 0 Å². The maximum absolute atomic E-state index is 13.2. The van der Waals surface area contributed by atoms with Crippen LogP contribution in [0.4, 0.5) is 0 Å². The second kappa shape index (κ2) is 11.0. The van der Waals surface area contributed by atoms with Gasteiger partial charge in [-0.3, -0.25) is 9.59 Å². The lowest BCUT2D eigenvalue weighted by atomic mass is 9.80. The van der Waals surface area contributed by atoms with Crippen LogP contribution < -0.4 is 10.1 Å². The molecule has 1 aliphatic carbocycles. The minimum atomic E-state index is -0.780. The smallest absolute Gasteiger partial charge is 0.248 e. The second-order valence-corrected chi connectivity index (χ2v) is 9.20. The molecule has 0 bridgehead atoms. The van der Waals surface area contributed by atoms with Crippen LogP contribution in [0.5, 0.6) is 5.75 Å². The summed E-state index contributed by atoms with van der Waals surface area (Å²) in [6.07, 6.45) is 4.57. The molecule has 0 aliphatic heterocycles. The molecule has 0 spiro atoms. The molecule has 3 rings (SSSR count). The lowest BCUT2D eigenvalue weighted by molar-refractivity contribution is -0.143. The number of carbonyl (C=O) groups excluding carboxylic acids is 2. The summed E-state index contributed by atoms with van der Waals surface area (Å²) in [5.41, 5.74) is -0.0868. The Labute approximate surface area is 193 Å². The van der Waals surface area contributed by atoms with Crippen LogP contribution in [0.25, 0.3) is 0 Å². The third-order valence-electron chi connectivity index (χ3n) is 5.66. The third-order valence-corrected chi connectivity index (χ3v) is 6.79. The number of carbonyl (C=O) groups is 2. The van der Waals surface area contributed by atoms with Crippen LogP contribution in [-0.2, 0) is 22.6 Å². The minimum Gasteiger partial charge on any atom is -0.486 e. The standard InChI is InChI=1S/C23H30ClN3O3S/c1-3-27(4-2)22(29)23(12-6-5-7-13-23)26-20(28)14-18-16-31-21(25-18)15-30-19-10-8-17(24)9-11-19/h8-11,16H,3-7,12-15H2,1-2H3,(H,26,28). The van der Waals surface area contributed by atoms with E-state index in [1.165, 1.54) is 11.3 Å². The Morgan fingerprint density at radius 1 is 1.16 bits per heavy atom.